The van der Waals surface area contributed by atoms with Gasteiger partial charge in [-0.2, -0.15) is 5.90 Å². The topological polar surface area (TPSA) is 35.2 Å². The van der Waals surface area contributed by atoms with E-state index in [4.69, 9.17) is 29.1 Å². The van der Waals surface area contributed by atoms with Gasteiger partial charge < -0.3 is 4.84 Å². The summed E-state index contributed by atoms with van der Waals surface area (Å²) in [6, 6.07) is 5.17. The van der Waals surface area contributed by atoms with E-state index in [1.54, 1.807) is 24.3 Å². The Morgan fingerprint density at radius 1 is 1.33 bits per heavy atom. The molecule has 0 bridgehead atoms. The molecule has 0 heterocycles. The Morgan fingerprint density at radius 2 is 2.08 bits per heavy atom. The van der Waals surface area contributed by atoms with E-state index in [-0.39, 0.29) is 0 Å². The van der Waals surface area contributed by atoms with Gasteiger partial charge in [0.15, 0.2) is 0 Å². The number of benzene rings is 1. The molecule has 0 aliphatic carbocycles. The number of hydrogen-bond donors (Lipinski definition) is 1. The van der Waals surface area contributed by atoms with Gasteiger partial charge in [0, 0.05) is 10.0 Å². The van der Waals surface area contributed by atoms with E-state index in [0.29, 0.717) is 10.0 Å². The third-order valence-electron chi connectivity index (χ3n) is 1.29. The summed E-state index contributed by atoms with van der Waals surface area (Å²) < 4.78 is 0. The van der Waals surface area contributed by atoms with Crippen LogP contribution in [0.5, 0.6) is 0 Å². The van der Waals surface area contributed by atoms with Crippen molar-refractivity contribution in [1.82, 2.24) is 0 Å². The molecule has 0 spiro atoms. The number of hydrogen-bond acceptors (Lipinski definition) is 2. The summed E-state index contributed by atoms with van der Waals surface area (Å²) in [7, 11) is 0. The number of rotatable bonds is 2. The van der Waals surface area contributed by atoms with Gasteiger partial charge in [0.1, 0.15) is 6.26 Å². The molecule has 0 fully saturated rings. The maximum absolute atomic E-state index is 5.83. The van der Waals surface area contributed by atoms with E-state index >= 15 is 0 Å². The van der Waals surface area contributed by atoms with Crippen LogP contribution in [0.2, 0.25) is 10.0 Å². The maximum atomic E-state index is 5.83. The molecule has 0 atom stereocenters. The second kappa shape index (κ2) is 4.36. The zero-order valence-electron chi connectivity index (χ0n) is 6.13. The van der Waals surface area contributed by atoms with Gasteiger partial charge in [0.2, 0.25) is 0 Å². The van der Waals surface area contributed by atoms with Crippen molar-refractivity contribution in [3.63, 3.8) is 0 Å². The van der Waals surface area contributed by atoms with E-state index in [0.717, 1.165) is 5.56 Å². The lowest BCUT2D eigenvalue weighted by Gasteiger charge is -1.97. The smallest absolute Gasteiger partial charge is 0.111 e. The van der Waals surface area contributed by atoms with E-state index in [1.807, 2.05) is 0 Å². The summed E-state index contributed by atoms with van der Waals surface area (Å²) in [5.41, 5.74) is 0.812. The minimum atomic E-state index is 0.566. The van der Waals surface area contributed by atoms with Gasteiger partial charge in [-0.1, -0.05) is 29.3 Å². The minimum absolute atomic E-state index is 0.566. The van der Waals surface area contributed by atoms with Crippen LogP contribution in [0.25, 0.3) is 6.08 Å². The van der Waals surface area contributed by atoms with Crippen molar-refractivity contribution in [3.8, 4) is 0 Å². The lowest BCUT2D eigenvalue weighted by atomic mass is 10.2. The van der Waals surface area contributed by atoms with Gasteiger partial charge in [0.05, 0.1) is 0 Å². The zero-order chi connectivity index (χ0) is 8.97. The molecular weight excluding hydrogens is 197 g/mol. The van der Waals surface area contributed by atoms with Crippen molar-refractivity contribution in [2.75, 3.05) is 0 Å². The second-order valence-corrected chi connectivity index (χ2v) is 2.95. The number of halogens is 2. The molecule has 2 nitrogen and oxygen atoms in total. The van der Waals surface area contributed by atoms with Gasteiger partial charge in [-0.05, 0) is 23.8 Å². The summed E-state index contributed by atoms with van der Waals surface area (Å²) >= 11 is 11.5. The van der Waals surface area contributed by atoms with E-state index in [2.05, 4.69) is 4.84 Å². The summed E-state index contributed by atoms with van der Waals surface area (Å²) in [5.74, 6) is 4.80. The lowest BCUT2D eigenvalue weighted by Crippen LogP contribution is -1.87. The van der Waals surface area contributed by atoms with Gasteiger partial charge in [-0.25, -0.2) is 0 Å². The molecule has 1 aromatic rings. The molecule has 0 aliphatic heterocycles. The summed E-state index contributed by atoms with van der Waals surface area (Å²) in [4.78, 5) is 4.26. The van der Waals surface area contributed by atoms with Gasteiger partial charge in [-0.3, -0.25) is 0 Å². The van der Waals surface area contributed by atoms with Gasteiger partial charge in [0.25, 0.3) is 0 Å². The van der Waals surface area contributed by atoms with Crippen LogP contribution in [0.15, 0.2) is 24.5 Å². The molecule has 0 amide bonds. The van der Waals surface area contributed by atoms with Crippen molar-refractivity contribution in [1.29, 1.82) is 0 Å². The SMILES string of the molecule is NOC=Cc1ccc(Cl)cc1Cl. The Labute approximate surface area is 80.5 Å². The first-order valence-corrected chi connectivity index (χ1v) is 3.97. The normalized spacial score (nSPS) is 10.6. The quantitative estimate of drug-likeness (QED) is 0.593. The maximum Gasteiger partial charge on any atom is 0.111 e. The van der Waals surface area contributed by atoms with Crippen LogP contribution in [0.3, 0.4) is 0 Å². The van der Waals surface area contributed by atoms with Crippen molar-refractivity contribution < 1.29 is 4.84 Å². The molecule has 4 heteroatoms. The highest BCUT2D eigenvalue weighted by Gasteiger charge is 1.96. The Kier molecular flexibility index (Phi) is 3.41. The highest BCUT2D eigenvalue weighted by Crippen LogP contribution is 2.21. The average molecular weight is 204 g/mol. The fraction of sp³-hybridized carbons (Fsp3) is 0. The molecule has 0 saturated heterocycles. The van der Waals surface area contributed by atoms with Crippen LogP contribution in [0, 0.1) is 0 Å². The second-order valence-electron chi connectivity index (χ2n) is 2.10. The highest BCUT2D eigenvalue weighted by atomic mass is 35.5. The van der Waals surface area contributed by atoms with E-state index < -0.39 is 0 Å². The summed E-state index contributed by atoms with van der Waals surface area (Å²) in [5, 5.41) is 1.17. The molecule has 64 valence electrons. The highest BCUT2D eigenvalue weighted by molar-refractivity contribution is 6.35. The van der Waals surface area contributed by atoms with Crippen LogP contribution >= 0.6 is 23.2 Å². The van der Waals surface area contributed by atoms with Crippen LogP contribution in [0.4, 0.5) is 0 Å². The monoisotopic (exact) mass is 203 g/mol. The van der Waals surface area contributed by atoms with Crippen molar-refractivity contribution in [2.45, 2.75) is 0 Å². The molecule has 0 aromatic heterocycles. The third kappa shape index (κ3) is 2.41. The molecular formula is C8H7Cl2NO. The first kappa shape index (κ1) is 9.39. The Hall–Kier alpha value is -0.700. The van der Waals surface area contributed by atoms with Gasteiger partial charge >= 0.3 is 0 Å². The van der Waals surface area contributed by atoms with Gasteiger partial charge in [-0.15, -0.1) is 0 Å². The molecule has 0 saturated carbocycles. The summed E-state index contributed by atoms with van der Waals surface area (Å²) in [6.45, 7) is 0. The standard InChI is InChI=1S/C8H7Cl2NO/c9-7-2-1-6(3-4-12-11)8(10)5-7/h1-5H,11H2. The number of nitrogens with two attached hydrogens (primary N) is 1. The van der Waals surface area contributed by atoms with Crippen LogP contribution in [-0.4, -0.2) is 0 Å². The molecule has 12 heavy (non-hydrogen) atoms. The Balaban J connectivity index is 2.94. The van der Waals surface area contributed by atoms with Crippen LogP contribution in [-0.2, 0) is 4.84 Å². The molecule has 1 rings (SSSR count). The fourth-order valence-corrected chi connectivity index (χ4v) is 1.22. The van der Waals surface area contributed by atoms with Crippen molar-refractivity contribution in [3.05, 3.63) is 40.1 Å². The predicted octanol–water partition coefficient (Wildman–Crippen LogP) is 2.85. The fourth-order valence-electron chi connectivity index (χ4n) is 0.749. The molecule has 0 radical (unpaired) electrons. The lowest BCUT2D eigenvalue weighted by molar-refractivity contribution is 0.264. The molecule has 2 N–H and O–H groups in total. The van der Waals surface area contributed by atoms with E-state index in [1.165, 1.54) is 6.26 Å². The molecule has 1 aromatic carbocycles. The predicted molar refractivity (Wildman–Crippen MR) is 50.8 cm³/mol. The Morgan fingerprint density at radius 3 is 2.67 bits per heavy atom. The first-order valence-electron chi connectivity index (χ1n) is 3.21. The van der Waals surface area contributed by atoms with E-state index in [9.17, 15) is 0 Å². The zero-order valence-corrected chi connectivity index (χ0v) is 7.64. The third-order valence-corrected chi connectivity index (χ3v) is 1.85. The van der Waals surface area contributed by atoms with Crippen molar-refractivity contribution in [2.24, 2.45) is 5.90 Å². The minimum Gasteiger partial charge on any atom is -0.419 e. The molecule has 0 aliphatic rings. The summed E-state index contributed by atoms with van der Waals surface area (Å²) in [6.07, 6.45) is 2.99. The first-order chi connectivity index (χ1) is 5.74. The largest absolute Gasteiger partial charge is 0.419 e. The van der Waals surface area contributed by atoms with Crippen molar-refractivity contribution >= 4 is 29.3 Å². The van der Waals surface area contributed by atoms with Crippen LogP contribution in [0.1, 0.15) is 5.56 Å². The molecule has 0 unspecified atom stereocenters. The van der Waals surface area contributed by atoms with Crippen LogP contribution < -0.4 is 5.90 Å². The average Bonchev–Trinajstić information content (AvgIpc) is 2.03. The Bertz CT molecular complexity index is 299.